The molecule has 1 amide bonds. The minimum Gasteiger partial charge on any atom is -0.364 e. The maximum atomic E-state index is 11.8. The number of anilines is 1. The summed E-state index contributed by atoms with van der Waals surface area (Å²) < 4.78 is 5.46. The molecule has 0 bridgehead atoms. The van der Waals surface area contributed by atoms with Crippen LogP contribution in [0.3, 0.4) is 0 Å². The van der Waals surface area contributed by atoms with E-state index in [0.717, 1.165) is 6.42 Å². The molecule has 1 saturated heterocycles. The smallest absolute Gasteiger partial charge is 0.254 e. The number of carbonyl (C=O) groups is 1. The van der Waals surface area contributed by atoms with Gasteiger partial charge in [0.25, 0.3) is 5.91 Å². The summed E-state index contributed by atoms with van der Waals surface area (Å²) in [5.41, 5.74) is 5.47. The van der Waals surface area contributed by atoms with Gasteiger partial charge in [-0.25, -0.2) is 9.97 Å². The quantitative estimate of drug-likeness (QED) is 0.772. The molecule has 92 valence electrons. The van der Waals surface area contributed by atoms with Gasteiger partial charge in [-0.05, 0) is 12.8 Å². The van der Waals surface area contributed by atoms with Crippen LogP contribution in [0.15, 0.2) is 12.4 Å². The van der Waals surface area contributed by atoms with Crippen molar-refractivity contribution in [2.45, 2.75) is 25.0 Å². The molecular weight excluding hydrogens is 244 g/mol. The van der Waals surface area contributed by atoms with Gasteiger partial charge in [0.05, 0.1) is 6.10 Å². The standard InChI is InChI=1S/C10H13ClN4O2/c11-8-3-9(14-5-13-8)15-10(16)7-2-1-6(4-12)17-7/h3,5-7H,1-2,4,12H2,(H,13,14,15,16). The van der Waals surface area contributed by atoms with Gasteiger partial charge in [-0.1, -0.05) is 11.6 Å². The lowest BCUT2D eigenvalue weighted by Crippen LogP contribution is -2.30. The van der Waals surface area contributed by atoms with Crippen molar-refractivity contribution in [2.75, 3.05) is 11.9 Å². The minimum atomic E-state index is -0.461. The Morgan fingerprint density at radius 1 is 1.59 bits per heavy atom. The summed E-state index contributed by atoms with van der Waals surface area (Å²) in [5, 5.41) is 2.91. The van der Waals surface area contributed by atoms with Crippen LogP contribution in [0.25, 0.3) is 0 Å². The van der Waals surface area contributed by atoms with Gasteiger partial charge in [0.1, 0.15) is 23.4 Å². The topological polar surface area (TPSA) is 90.1 Å². The summed E-state index contributed by atoms with van der Waals surface area (Å²) in [6, 6.07) is 1.48. The highest BCUT2D eigenvalue weighted by atomic mass is 35.5. The molecule has 2 heterocycles. The van der Waals surface area contributed by atoms with Crippen molar-refractivity contribution in [1.82, 2.24) is 9.97 Å². The third-order valence-corrected chi connectivity index (χ3v) is 2.75. The van der Waals surface area contributed by atoms with Crippen LogP contribution in [-0.2, 0) is 9.53 Å². The first kappa shape index (κ1) is 12.2. The largest absolute Gasteiger partial charge is 0.364 e. The Bertz CT molecular complexity index is 415. The lowest BCUT2D eigenvalue weighted by molar-refractivity contribution is -0.126. The number of carbonyl (C=O) groups excluding carboxylic acids is 1. The average Bonchev–Trinajstić information content (AvgIpc) is 2.77. The second-order valence-electron chi connectivity index (χ2n) is 3.78. The van der Waals surface area contributed by atoms with Crippen molar-refractivity contribution >= 4 is 23.3 Å². The fraction of sp³-hybridized carbons (Fsp3) is 0.500. The predicted molar refractivity (Wildman–Crippen MR) is 62.6 cm³/mol. The van der Waals surface area contributed by atoms with E-state index in [-0.39, 0.29) is 17.2 Å². The molecule has 1 aromatic rings. The zero-order valence-electron chi connectivity index (χ0n) is 9.10. The van der Waals surface area contributed by atoms with Crippen molar-refractivity contribution < 1.29 is 9.53 Å². The summed E-state index contributed by atoms with van der Waals surface area (Å²) in [6.07, 6.45) is 2.28. The third-order valence-electron chi connectivity index (χ3n) is 2.55. The maximum absolute atomic E-state index is 11.8. The number of hydrogen-bond acceptors (Lipinski definition) is 5. The highest BCUT2D eigenvalue weighted by molar-refractivity contribution is 6.29. The van der Waals surface area contributed by atoms with Crippen LogP contribution < -0.4 is 11.1 Å². The van der Waals surface area contributed by atoms with Crippen LogP contribution >= 0.6 is 11.6 Å². The Labute approximate surface area is 104 Å². The van der Waals surface area contributed by atoms with Crippen molar-refractivity contribution in [1.29, 1.82) is 0 Å². The van der Waals surface area contributed by atoms with E-state index in [0.29, 0.717) is 18.8 Å². The summed E-state index contributed by atoms with van der Waals surface area (Å²) in [7, 11) is 0. The molecular formula is C10H13ClN4O2. The van der Waals surface area contributed by atoms with Crippen molar-refractivity contribution in [3.63, 3.8) is 0 Å². The summed E-state index contributed by atoms with van der Waals surface area (Å²) >= 11 is 5.68. The van der Waals surface area contributed by atoms with E-state index < -0.39 is 6.10 Å². The van der Waals surface area contributed by atoms with Gasteiger partial charge in [0.2, 0.25) is 0 Å². The highest BCUT2D eigenvalue weighted by Gasteiger charge is 2.29. The molecule has 6 nitrogen and oxygen atoms in total. The molecule has 0 spiro atoms. The van der Waals surface area contributed by atoms with Gasteiger partial charge in [-0.3, -0.25) is 4.79 Å². The Morgan fingerprint density at radius 3 is 3.06 bits per heavy atom. The molecule has 2 unspecified atom stereocenters. The molecule has 1 aromatic heterocycles. The minimum absolute atomic E-state index is 0.0280. The first-order valence-corrected chi connectivity index (χ1v) is 5.71. The van der Waals surface area contributed by atoms with Gasteiger partial charge in [0, 0.05) is 12.6 Å². The van der Waals surface area contributed by atoms with Crippen LogP contribution in [-0.4, -0.2) is 34.6 Å². The monoisotopic (exact) mass is 256 g/mol. The molecule has 1 aliphatic rings. The fourth-order valence-electron chi connectivity index (χ4n) is 1.68. The molecule has 2 atom stereocenters. The summed E-state index contributed by atoms with van der Waals surface area (Å²) in [6.45, 7) is 0.434. The number of halogens is 1. The van der Waals surface area contributed by atoms with Gasteiger partial charge in [0.15, 0.2) is 0 Å². The van der Waals surface area contributed by atoms with Crippen molar-refractivity contribution in [2.24, 2.45) is 5.73 Å². The van der Waals surface area contributed by atoms with Crippen LogP contribution in [0.5, 0.6) is 0 Å². The normalized spacial score (nSPS) is 23.6. The Balaban J connectivity index is 1.93. The van der Waals surface area contributed by atoms with E-state index in [1.165, 1.54) is 12.4 Å². The zero-order valence-corrected chi connectivity index (χ0v) is 9.85. The molecule has 0 saturated carbocycles. The zero-order chi connectivity index (χ0) is 12.3. The van der Waals surface area contributed by atoms with Crippen molar-refractivity contribution in [3.8, 4) is 0 Å². The number of rotatable bonds is 3. The van der Waals surface area contributed by atoms with Crippen molar-refractivity contribution in [3.05, 3.63) is 17.5 Å². The third kappa shape index (κ3) is 3.12. The van der Waals surface area contributed by atoms with E-state index >= 15 is 0 Å². The van der Waals surface area contributed by atoms with Gasteiger partial charge in [-0.2, -0.15) is 0 Å². The first-order valence-electron chi connectivity index (χ1n) is 5.33. The van der Waals surface area contributed by atoms with E-state index in [2.05, 4.69) is 15.3 Å². The average molecular weight is 257 g/mol. The molecule has 0 radical (unpaired) electrons. The van der Waals surface area contributed by atoms with Crippen LogP contribution in [0.4, 0.5) is 5.82 Å². The molecule has 7 heteroatoms. The Kier molecular flexibility index (Phi) is 3.88. The van der Waals surface area contributed by atoms with E-state index in [4.69, 9.17) is 22.1 Å². The number of amides is 1. The second kappa shape index (κ2) is 5.39. The summed E-state index contributed by atoms with van der Waals surface area (Å²) in [4.78, 5) is 19.4. The predicted octanol–water partition coefficient (Wildman–Crippen LogP) is 0.575. The molecule has 3 N–H and O–H groups in total. The molecule has 0 aromatic carbocycles. The van der Waals surface area contributed by atoms with Crippen LogP contribution in [0.1, 0.15) is 12.8 Å². The van der Waals surface area contributed by atoms with E-state index in [1.54, 1.807) is 0 Å². The molecule has 17 heavy (non-hydrogen) atoms. The molecule has 2 rings (SSSR count). The number of ether oxygens (including phenoxy) is 1. The van der Waals surface area contributed by atoms with E-state index in [1.807, 2.05) is 0 Å². The number of hydrogen-bond donors (Lipinski definition) is 2. The number of nitrogens with one attached hydrogen (secondary N) is 1. The van der Waals surface area contributed by atoms with Crippen LogP contribution in [0, 0.1) is 0 Å². The Morgan fingerprint density at radius 2 is 2.41 bits per heavy atom. The number of aromatic nitrogens is 2. The van der Waals surface area contributed by atoms with E-state index in [9.17, 15) is 4.79 Å². The fourth-order valence-corrected chi connectivity index (χ4v) is 1.83. The van der Waals surface area contributed by atoms with Gasteiger partial charge >= 0.3 is 0 Å². The van der Waals surface area contributed by atoms with Gasteiger partial charge in [-0.15, -0.1) is 0 Å². The molecule has 0 aliphatic carbocycles. The number of nitrogens with two attached hydrogens (primary N) is 1. The lowest BCUT2D eigenvalue weighted by Gasteiger charge is -2.12. The first-order chi connectivity index (χ1) is 8.19. The second-order valence-corrected chi connectivity index (χ2v) is 4.16. The SMILES string of the molecule is NCC1CCC(C(=O)Nc2cc(Cl)ncn2)O1. The molecule has 1 aliphatic heterocycles. The highest BCUT2D eigenvalue weighted by Crippen LogP contribution is 2.20. The number of nitrogens with zero attached hydrogens (tertiary/aromatic N) is 2. The van der Waals surface area contributed by atoms with Crippen LogP contribution in [0.2, 0.25) is 5.15 Å². The lowest BCUT2D eigenvalue weighted by atomic mass is 10.2. The maximum Gasteiger partial charge on any atom is 0.254 e. The Hall–Kier alpha value is -1.24. The molecule has 1 fully saturated rings. The van der Waals surface area contributed by atoms with Gasteiger partial charge < -0.3 is 15.8 Å². The summed E-state index contributed by atoms with van der Waals surface area (Å²) in [5.74, 6) is 0.144.